The molecule has 1 N–H and O–H groups in total. The molecule has 0 aliphatic rings. The van der Waals surface area contributed by atoms with Gasteiger partial charge in [-0.1, -0.05) is 12.1 Å². The van der Waals surface area contributed by atoms with Crippen LogP contribution in [0.3, 0.4) is 0 Å². The van der Waals surface area contributed by atoms with Gasteiger partial charge < -0.3 is 9.67 Å². The van der Waals surface area contributed by atoms with Crippen molar-refractivity contribution in [2.45, 2.75) is 46.4 Å². The molecule has 0 atom stereocenters. The lowest BCUT2D eigenvalue weighted by atomic mass is 10.0. The minimum absolute atomic E-state index is 0.176. The molecular weight excluding hydrogens is 447 g/mol. The second kappa shape index (κ2) is 8.60. The standard InChI is InChI=1S/C24H24F3N5O2/c1-14-22(24(3,4)34)29-15(2)31(14)11-16-8-9-17(10-21(16)27)32-23(33)30(13-28-32)12-18-19(25)6-5-7-20(18)26/h5-10,13,34H,11-12H2,1-4H3. The fourth-order valence-corrected chi connectivity index (χ4v) is 3.93. The largest absolute Gasteiger partial charge is 0.384 e. The fourth-order valence-electron chi connectivity index (χ4n) is 3.93. The van der Waals surface area contributed by atoms with E-state index in [0.717, 1.165) is 33.4 Å². The summed E-state index contributed by atoms with van der Waals surface area (Å²) in [5.74, 6) is -1.47. The van der Waals surface area contributed by atoms with Gasteiger partial charge in [-0.2, -0.15) is 9.78 Å². The number of halogens is 3. The molecule has 0 aliphatic carbocycles. The van der Waals surface area contributed by atoms with Gasteiger partial charge in [-0.25, -0.2) is 22.9 Å². The Morgan fingerprint density at radius 2 is 1.68 bits per heavy atom. The van der Waals surface area contributed by atoms with E-state index >= 15 is 0 Å². The van der Waals surface area contributed by atoms with E-state index in [2.05, 4.69) is 10.1 Å². The maximum atomic E-state index is 15.0. The first kappa shape index (κ1) is 23.5. The number of hydrogen-bond donors (Lipinski definition) is 1. The molecule has 0 radical (unpaired) electrons. The van der Waals surface area contributed by atoms with Gasteiger partial charge in [0, 0.05) is 22.9 Å². The van der Waals surface area contributed by atoms with E-state index in [1.54, 1.807) is 31.4 Å². The van der Waals surface area contributed by atoms with Gasteiger partial charge in [0.1, 0.15) is 35.2 Å². The lowest BCUT2D eigenvalue weighted by Gasteiger charge is -2.16. The zero-order chi connectivity index (χ0) is 24.8. The van der Waals surface area contributed by atoms with Crippen LogP contribution in [0.15, 0.2) is 47.5 Å². The van der Waals surface area contributed by atoms with Crippen LogP contribution in [0.2, 0.25) is 0 Å². The van der Waals surface area contributed by atoms with Gasteiger partial charge in [-0.15, -0.1) is 0 Å². The summed E-state index contributed by atoms with van der Waals surface area (Å²) in [6.07, 6.45) is 1.15. The van der Waals surface area contributed by atoms with Crippen molar-refractivity contribution < 1.29 is 18.3 Å². The first-order chi connectivity index (χ1) is 16.0. The van der Waals surface area contributed by atoms with Gasteiger partial charge in [0.05, 0.1) is 24.5 Å². The summed E-state index contributed by atoms with van der Waals surface area (Å²) in [7, 11) is 0. The Balaban J connectivity index is 1.62. The highest BCUT2D eigenvalue weighted by Gasteiger charge is 2.25. The Morgan fingerprint density at radius 1 is 1.00 bits per heavy atom. The van der Waals surface area contributed by atoms with Crippen molar-refractivity contribution in [3.8, 4) is 5.69 Å². The molecule has 0 aliphatic heterocycles. The molecule has 4 rings (SSSR count). The van der Waals surface area contributed by atoms with E-state index in [1.807, 2.05) is 6.92 Å². The molecule has 7 nitrogen and oxygen atoms in total. The minimum atomic E-state index is -1.13. The molecule has 0 bridgehead atoms. The number of aromatic nitrogens is 5. The summed E-state index contributed by atoms with van der Waals surface area (Å²) in [5, 5.41) is 14.3. The second-order valence-electron chi connectivity index (χ2n) is 8.67. The molecular formula is C24H24F3N5O2. The van der Waals surface area contributed by atoms with Crippen LogP contribution < -0.4 is 5.69 Å². The monoisotopic (exact) mass is 471 g/mol. The number of aryl methyl sites for hydroxylation is 1. The van der Waals surface area contributed by atoms with E-state index in [0.29, 0.717) is 17.1 Å². The first-order valence-electron chi connectivity index (χ1n) is 10.6. The molecule has 2 aromatic heterocycles. The fraction of sp³-hybridized carbons (Fsp3) is 0.292. The summed E-state index contributed by atoms with van der Waals surface area (Å²) in [4.78, 5) is 17.1. The average molecular weight is 471 g/mol. The van der Waals surface area contributed by atoms with Crippen molar-refractivity contribution in [2.24, 2.45) is 0 Å². The second-order valence-corrected chi connectivity index (χ2v) is 8.67. The Kier molecular flexibility index (Phi) is 5.94. The molecule has 0 spiro atoms. The van der Waals surface area contributed by atoms with Crippen molar-refractivity contribution >= 4 is 0 Å². The van der Waals surface area contributed by atoms with Gasteiger partial charge in [-0.05, 0) is 45.9 Å². The van der Waals surface area contributed by atoms with Gasteiger partial charge >= 0.3 is 5.69 Å². The van der Waals surface area contributed by atoms with E-state index in [9.17, 15) is 23.1 Å². The SMILES string of the molecule is Cc1nc(C(C)(C)O)c(C)n1Cc1ccc(-n2ncn(Cc3c(F)cccc3F)c2=O)cc1F. The first-order valence-corrected chi connectivity index (χ1v) is 10.6. The third-order valence-electron chi connectivity index (χ3n) is 5.72. The Bertz CT molecular complexity index is 1410. The molecule has 10 heteroatoms. The molecule has 178 valence electrons. The minimum Gasteiger partial charge on any atom is -0.384 e. The summed E-state index contributed by atoms with van der Waals surface area (Å²) in [5.41, 5.74) is -0.276. The molecule has 0 saturated carbocycles. The average Bonchev–Trinajstić information content (AvgIpc) is 3.26. The predicted octanol–water partition coefficient (Wildman–Crippen LogP) is 3.59. The Labute approximate surface area is 193 Å². The summed E-state index contributed by atoms with van der Waals surface area (Å²) in [6.45, 7) is 6.70. The molecule has 2 aromatic carbocycles. The van der Waals surface area contributed by atoms with Crippen LogP contribution in [0.1, 0.15) is 42.2 Å². The predicted molar refractivity (Wildman–Crippen MR) is 119 cm³/mol. The van der Waals surface area contributed by atoms with Crippen molar-refractivity contribution in [3.05, 3.63) is 99.0 Å². The van der Waals surface area contributed by atoms with Crippen molar-refractivity contribution in [1.82, 2.24) is 23.9 Å². The third kappa shape index (κ3) is 4.28. The number of hydrogen-bond acceptors (Lipinski definition) is 4. The zero-order valence-corrected chi connectivity index (χ0v) is 19.2. The molecule has 0 saturated heterocycles. The van der Waals surface area contributed by atoms with Gasteiger partial charge in [0.25, 0.3) is 0 Å². The van der Waals surface area contributed by atoms with Crippen LogP contribution >= 0.6 is 0 Å². The van der Waals surface area contributed by atoms with Gasteiger partial charge in [-0.3, -0.25) is 4.57 Å². The molecule has 4 aromatic rings. The third-order valence-corrected chi connectivity index (χ3v) is 5.72. The number of benzene rings is 2. The van der Waals surface area contributed by atoms with Crippen LogP contribution in [-0.4, -0.2) is 29.0 Å². The van der Waals surface area contributed by atoms with Crippen molar-refractivity contribution in [2.75, 3.05) is 0 Å². The number of rotatable bonds is 6. The Morgan fingerprint density at radius 3 is 2.26 bits per heavy atom. The zero-order valence-electron chi connectivity index (χ0n) is 19.2. The number of aliphatic hydroxyl groups is 1. The van der Waals surface area contributed by atoms with Crippen LogP contribution in [0.5, 0.6) is 0 Å². The van der Waals surface area contributed by atoms with E-state index < -0.39 is 28.7 Å². The molecule has 34 heavy (non-hydrogen) atoms. The normalized spacial score (nSPS) is 11.9. The highest BCUT2D eigenvalue weighted by atomic mass is 19.1. The molecule has 2 heterocycles. The van der Waals surface area contributed by atoms with Gasteiger partial charge in [0.2, 0.25) is 0 Å². The van der Waals surface area contributed by atoms with E-state index in [4.69, 9.17) is 0 Å². The Hall–Kier alpha value is -3.66. The quantitative estimate of drug-likeness (QED) is 0.466. The lowest BCUT2D eigenvalue weighted by molar-refractivity contribution is 0.0734. The smallest absolute Gasteiger partial charge is 0.350 e. The highest BCUT2D eigenvalue weighted by molar-refractivity contribution is 5.35. The summed E-state index contributed by atoms with van der Waals surface area (Å²) >= 11 is 0. The maximum absolute atomic E-state index is 15.0. The van der Waals surface area contributed by atoms with Crippen LogP contribution in [0.25, 0.3) is 5.69 Å². The van der Waals surface area contributed by atoms with Crippen LogP contribution in [0, 0.1) is 31.3 Å². The van der Waals surface area contributed by atoms with Crippen molar-refractivity contribution in [3.63, 3.8) is 0 Å². The highest BCUT2D eigenvalue weighted by Crippen LogP contribution is 2.25. The topological polar surface area (TPSA) is 77.9 Å². The maximum Gasteiger partial charge on any atom is 0.350 e. The summed E-state index contributed by atoms with van der Waals surface area (Å²) in [6, 6.07) is 7.71. The van der Waals surface area contributed by atoms with Crippen LogP contribution in [-0.2, 0) is 18.7 Å². The molecule has 0 fully saturated rings. The van der Waals surface area contributed by atoms with Gasteiger partial charge in [0.15, 0.2) is 0 Å². The van der Waals surface area contributed by atoms with Crippen molar-refractivity contribution in [1.29, 1.82) is 0 Å². The number of nitrogens with zero attached hydrogens (tertiary/aromatic N) is 5. The molecule has 0 amide bonds. The molecule has 0 unspecified atom stereocenters. The summed E-state index contributed by atoms with van der Waals surface area (Å²) < 4.78 is 46.7. The van der Waals surface area contributed by atoms with Crippen LogP contribution in [0.4, 0.5) is 13.2 Å². The van der Waals surface area contributed by atoms with E-state index in [1.165, 1.54) is 18.2 Å². The number of imidazole rings is 1. The van der Waals surface area contributed by atoms with E-state index in [-0.39, 0.29) is 24.3 Å². The lowest BCUT2D eigenvalue weighted by Crippen LogP contribution is -2.25.